The highest BCUT2D eigenvalue weighted by molar-refractivity contribution is 4.83. The zero-order chi connectivity index (χ0) is 9.97. The molecule has 2 rings (SSSR count). The van der Waals surface area contributed by atoms with Crippen molar-refractivity contribution in [2.45, 2.75) is 57.5 Å². The Hall–Kier alpha value is -0.0800. The van der Waals surface area contributed by atoms with Gasteiger partial charge >= 0.3 is 0 Å². The lowest BCUT2D eigenvalue weighted by atomic mass is 9.90. The highest BCUT2D eigenvalue weighted by Gasteiger charge is 2.27. The summed E-state index contributed by atoms with van der Waals surface area (Å²) in [5.41, 5.74) is 5.95. The van der Waals surface area contributed by atoms with Crippen LogP contribution in [0.2, 0.25) is 0 Å². The number of nitrogens with zero attached hydrogens (tertiary/aromatic N) is 1. The van der Waals surface area contributed by atoms with Gasteiger partial charge in [-0.15, -0.1) is 0 Å². The van der Waals surface area contributed by atoms with Gasteiger partial charge in [0, 0.05) is 12.1 Å². The second-order valence-corrected chi connectivity index (χ2v) is 5.17. The lowest BCUT2D eigenvalue weighted by molar-refractivity contribution is 0.126. The molecule has 0 aromatic rings. The minimum Gasteiger partial charge on any atom is -0.328 e. The summed E-state index contributed by atoms with van der Waals surface area (Å²) in [4.78, 5) is 2.71. The molecule has 1 unspecified atom stereocenters. The van der Waals surface area contributed by atoms with Gasteiger partial charge in [0.05, 0.1) is 0 Å². The first kappa shape index (κ1) is 10.4. The molecule has 1 saturated carbocycles. The lowest BCUT2D eigenvalue weighted by Gasteiger charge is -2.37. The molecule has 0 amide bonds. The van der Waals surface area contributed by atoms with E-state index in [0.717, 1.165) is 12.0 Å². The maximum atomic E-state index is 5.95. The van der Waals surface area contributed by atoms with Gasteiger partial charge in [-0.2, -0.15) is 0 Å². The predicted octanol–water partition coefficient (Wildman–Crippen LogP) is 1.99. The molecule has 0 spiro atoms. The topological polar surface area (TPSA) is 29.3 Å². The van der Waals surface area contributed by atoms with Gasteiger partial charge in [-0.25, -0.2) is 0 Å². The maximum Gasteiger partial charge on any atom is 0.00952 e. The van der Waals surface area contributed by atoms with E-state index in [2.05, 4.69) is 11.8 Å². The number of hydrogen-bond donors (Lipinski definition) is 1. The third kappa shape index (κ3) is 2.29. The quantitative estimate of drug-likeness (QED) is 0.732. The zero-order valence-electron chi connectivity index (χ0n) is 9.41. The molecular weight excluding hydrogens is 172 g/mol. The minimum atomic E-state index is 0.403. The monoisotopic (exact) mass is 196 g/mol. The number of piperidine rings is 1. The van der Waals surface area contributed by atoms with Gasteiger partial charge in [0.1, 0.15) is 0 Å². The standard InChI is InChI=1S/C12H24N2/c1-10(13)11-6-8-14(9-7-11)12-4-2-3-5-12/h10-12H,2-9,13H2,1H3. The molecule has 2 nitrogen and oxygen atoms in total. The Morgan fingerprint density at radius 3 is 2.14 bits per heavy atom. The summed E-state index contributed by atoms with van der Waals surface area (Å²) in [7, 11) is 0. The fraction of sp³-hybridized carbons (Fsp3) is 1.00. The van der Waals surface area contributed by atoms with Gasteiger partial charge in [0.25, 0.3) is 0 Å². The van der Waals surface area contributed by atoms with Gasteiger partial charge in [-0.1, -0.05) is 12.8 Å². The van der Waals surface area contributed by atoms with Crippen molar-refractivity contribution < 1.29 is 0 Å². The summed E-state index contributed by atoms with van der Waals surface area (Å²) in [6.45, 7) is 4.77. The van der Waals surface area contributed by atoms with Gasteiger partial charge in [0.15, 0.2) is 0 Å². The molecule has 1 saturated heterocycles. The van der Waals surface area contributed by atoms with Crippen LogP contribution in [-0.2, 0) is 0 Å². The Morgan fingerprint density at radius 1 is 1.07 bits per heavy atom. The Bertz CT molecular complexity index is 165. The smallest absolute Gasteiger partial charge is 0.00952 e. The summed E-state index contributed by atoms with van der Waals surface area (Å²) in [5.74, 6) is 0.785. The Labute approximate surface area is 87.8 Å². The first-order valence-corrected chi connectivity index (χ1v) is 6.27. The van der Waals surface area contributed by atoms with Crippen molar-refractivity contribution in [1.29, 1.82) is 0 Å². The van der Waals surface area contributed by atoms with Crippen LogP contribution in [0.4, 0.5) is 0 Å². The van der Waals surface area contributed by atoms with Crippen molar-refractivity contribution in [3.63, 3.8) is 0 Å². The predicted molar refractivity (Wildman–Crippen MR) is 60.2 cm³/mol. The third-order valence-corrected chi connectivity index (χ3v) is 4.16. The highest BCUT2D eigenvalue weighted by atomic mass is 15.2. The summed E-state index contributed by atoms with van der Waals surface area (Å²) < 4.78 is 0. The van der Waals surface area contributed by atoms with E-state index in [1.54, 1.807) is 0 Å². The number of hydrogen-bond acceptors (Lipinski definition) is 2. The van der Waals surface area contributed by atoms with Crippen LogP contribution in [0, 0.1) is 5.92 Å². The fourth-order valence-corrected chi connectivity index (χ4v) is 3.08. The third-order valence-electron chi connectivity index (χ3n) is 4.16. The molecule has 0 aromatic heterocycles. The molecule has 1 aliphatic carbocycles. The molecule has 0 bridgehead atoms. The van der Waals surface area contributed by atoms with Crippen LogP contribution in [0.1, 0.15) is 45.4 Å². The molecule has 1 atom stereocenters. The van der Waals surface area contributed by atoms with Gasteiger partial charge in [-0.3, -0.25) is 0 Å². The van der Waals surface area contributed by atoms with Crippen LogP contribution >= 0.6 is 0 Å². The molecular formula is C12H24N2. The normalized spacial score (nSPS) is 29.6. The summed E-state index contributed by atoms with van der Waals surface area (Å²) in [6, 6.07) is 1.32. The van der Waals surface area contributed by atoms with Crippen molar-refractivity contribution in [1.82, 2.24) is 4.90 Å². The van der Waals surface area contributed by atoms with E-state index in [1.807, 2.05) is 0 Å². The lowest BCUT2D eigenvalue weighted by Crippen LogP contribution is -2.43. The molecule has 0 aromatic carbocycles. The molecule has 2 fully saturated rings. The highest BCUT2D eigenvalue weighted by Crippen LogP contribution is 2.28. The largest absolute Gasteiger partial charge is 0.328 e. The van der Waals surface area contributed by atoms with Crippen molar-refractivity contribution in [2.24, 2.45) is 11.7 Å². The van der Waals surface area contributed by atoms with Gasteiger partial charge in [0.2, 0.25) is 0 Å². The average molecular weight is 196 g/mol. The molecule has 2 N–H and O–H groups in total. The van der Waals surface area contributed by atoms with Crippen molar-refractivity contribution >= 4 is 0 Å². The summed E-state index contributed by atoms with van der Waals surface area (Å²) >= 11 is 0. The molecule has 82 valence electrons. The minimum absolute atomic E-state index is 0.403. The SMILES string of the molecule is CC(N)C1CCN(C2CCCC2)CC1. The molecule has 14 heavy (non-hydrogen) atoms. The van der Waals surface area contributed by atoms with E-state index in [0.29, 0.717) is 6.04 Å². The van der Waals surface area contributed by atoms with E-state index in [9.17, 15) is 0 Å². The molecule has 1 aliphatic heterocycles. The van der Waals surface area contributed by atoms with Gasteiger partial charge in [-0.05, 0) is 51.6 Å². The number of nitrogens with two attached hydrogens (primary N) is 1. The van der Waals surface area contributed by atoms with Crippen LogP contribution in [0.3, 0.4) is 0 Å². The Morgan fingerprint density at radius 2 is 1.64 bits per heavy atom. The van der Waals surface area contributed by atoms with E-state index < -0.39 is 0 Å². The molecule has 2 aliphatic rings. The van der Waals surface area contributed by atoms with E-state index in [1.165, 1.54) is 51.6 Å². The first-order valence-electron chi connectivity index (χ1n) is 6.27. The Balaban J connectivity index is 1.77. The molecule has 1 heterocycles. The van der Waals surface area contributed by atoms with Crippen LogP contribution in [-0.4, -0.2) is 30.1 Å². The second-order valence-electron chi connectivity index (χ2n) is 5.17. The zero-order valence-corrected chi connectivity index (χ0v) is 9.41. The number of likely N-dealkylation sites (tertiary alicyclic amines) is 1. The van der Waals surface area contributed by atoms with Crippen LogP contribution < -0.4 is 5.73 Å². The van der Waals surface area contributed by atoms with Gasteiger partial charge < -0.3 is 10.6 Å². The second kappa shape index (κ2) is 4.63. The summed E-state index contributed by atoms with van der Waals surface area (Å²) in [5, 5.41) is 0. The van der Waals surface area contributed by atoms with Crippen LogP contribution in [0.25, 0.3) is 0 Å². The van der Waals surface area contributed by atoms with E-state index >= 15 is 0 Å². The van der Waals surface area contributed by atoms with Crippen molar-refractivity contribution in [2.75, 3.05) is 13.1 Å². The van der Waals surface area contributed by atoms with Crippen LogP contribution in [0.15, 0.2) is 0 Å². The summed E-state index contributed by atoms with van der Waals surface area (Å²) in [6.07, 6.45) is 8.46. The number of rotatable bonds is 2. The van der Waals surface area contributed by atoms with E-state index in [-0.39, 0.29) is 0 Å². The molecule has 0 radical (unpaired) electrons. The van der Waals surface area contributed by atoms with Crippen molar-refractivity contribution in [3.05, 3.63) is 0 Å². The molecule has 2 heteroatoms. The van der Waals surface area contributed by atoms with E-state index in [4.69, 9.17) is 5.73 Å². The fourth-order valence-electron chi connectivity index (χ4n) is 3.08. The maximum absolute atomic E-state index is 5.95. The average Bonchev–Trinajstić information content (AvgIpc) is 2.71. The Kier molecular flexibility index (Phi) is 3.45. The van der Waals surface area contributed by atoms with Crippen molar-refractivity contribution in [3.8, 4) is 0 Å². The van der Waals surface area contributed by atoms with Crippen LogP contribution in [0.5, 0.6) is 0 Å². The first-order chi connectivity index (χ1) is 6.77.